The second-order valence-electron chi connectivity index (χ2n) is 4.73. The molecule has 1 amide bonds. The number of carboxylic acid groups (broad SMARTS) is 1. The lowest BCUT2D eigenvalue weighted by molar-refractivity contribution is -0.146. The van der Waals surface area contributed by atoms with Gasteiger partial charge in [-0.05, 0) is 23.8 Å². The van der Waals surface area contributed by atoms with Gasteiger partial charge in [0.05, 0.1) is 6.10 Å². The Morgan fingerprint density at radius 2 is 2.05 bits per heavy atom. The van der Waals surface area contributed by atoms with Crippen molar-refractivity contribution < 1.29 is 19.8 Å². The third kappa shape index (κ3) is 3.75. The van der Waals surface area contributed by atoms with Crippen LogP contribution in [-0.4, -0.2) is 45.7 Å². The molecule has 0 aromatic heterocycles. The van der Waals surface area contributed by atoms with Crippen molar-refractivity contribution in [2.45, 2.75) is 18.6 Å². The van der Waals surface area contributed by atoms with Crippen LogP contribution >= 0.6 is 23.2 Å². The highest BCUT2D eigenvalue weighted by Gasteiger charge is 2.37. The fraction of sp³-hybridized carbons (Fsp3) is 0.286. The van der Waals surface area contributed by atoms with Gasteiger partial charge in [0, 0.05) is 29.1 Å². The molecule has 1 aromatic rings. The molecule has 21 heavy (non-hydrogen) atoms. The van der Waals surface area contributed by atoms with Crippen molar-refractivity contribution in [3.05, 3.63) is 39.9 Å². The zero-order valence-electron chi connectivity index (χ0n) is 10.9. The van der Waals surface area contributed by atoms with Crippen molar-refractivity contribution in [1.82, 2.24) is 4.90 Å². The molecular formula is C14H13Cl2NO4. The van der Waals surface area contributed by atoms with E-state index in [9.17, 15) is 14.7 Å². The summed E-state index contributed by atoms with van der Waals surface area (Å²) >= 11 is 11.8. The van der Waals surface area contributed by atoms with E-state index in [1.807, 2.05) is 0 Å². The maximum absolute atomic E-state index is 12.1. The molecule has 1 aliphatic heterocycles. The van der Waals surface area contributed by atoms with E-state index < -0.39 is 24.0 Å². The Morgan fingerprint density at radius 3 is 2.67 bits per heavy atom. The van der Waals surface area contributed by atoms with Gasteiger partial charge in [0.25, 0.3) is 0 Å². The van der Waals surface area contributed by atoms with Gasteiger partial charge in [0.2, 0.25) is 5.91 Å². The number of nitrogens with zero attached hydrogens (tertiary/aromatic N) is 1. The van der Waals surface area contributed by atoms with Crippen LogP contribution in [-0.2, 0) is 9.59 Å². The topological polar surface area (TPSA) is 77.8 Å². The highest BCUT2D eigenvalue weighted by atomic mass is 35.5. The molecule has 2 N–H and O–H groups in total. The molecule has 112 valence electrons. The van der Waals surface area contributed by atoms with Gasteiger partial charge in [-0.3, -0.25) is 4.79 Å². The van der Waals surface area contributed by atoms with E-state index in [1.165, 1.54) is 12.2 Å². The second kappa shape index (κ2) is 6.47. The monoisotopic (exact) mass is 329 g/mol. The minimum absolute atomic E-state index is 0.00842. The average molecular weight is 330 g/mol. The number of aliphatic hydroxyl groups excluding tert-OH is 1. The fourth-order valence-corrected chi connectivity index (χ4v) is 2.66. The predicted octanol–water partition coefficient (Wildman–Crippen LogP) is 2.05. The van der Waals surface area contributed by atoms with Crippen molar-refractivity contribution in [1.29, 1.82) is 0 Å². The van der Waals surface area contributed by atoms with Crippen LogP contribution in [0.3, 0.4) is 0 Å². The van der Waals surface area contributed by atoms with Crippen LogP contribution in [0, 0.1) is 0 Å². The molecule has 0 bridgehead atoms. The van der Waals surface area contributed by atoms with Crippen LogP contribution in [0.25, 0.3) is 6.08 Å². The lowest BCUT2D eigenvalue weighted by Gasteiger charge is -2.19. The second-order valence-corrected chi connectivity index (χ2v) is 5.58. The van der Waals surface area contributed by atoms with Crippen molar-refractivity contribution in [2.24, 2.45) is 0 Å². The summed E-state index contributed by atoms with van der Waals surface area (Å²) < 4.78 is 0. The number of likely N-dealkylation sites (tertiary alicyclic amines) is 1. The van der Waals surface area contributed by atoms with E-state index in [2.05, 4.69) is 0 Å². The third-order valence-corrected chi connectivity index (χ3v) is 3.78. The van der Waals surface area contributed by atoms with Crippen LogP contribution < -0.4 is 0 Å². The molecule has 1 aliphatic rings. The minimum Gasteiger partial charge on any atom is -0.480 e. The molecule has 1 saturated heterocycles. The average Bonchev–Trinajstić information content (AvgIpc) is 2.80. The molecule has 0 spiro atoms. The fourth-order valence-electron chi connectivity index (χ4n) is 2.18. The molecule has 1 heterocycles. The number of hydrogen-bond donors (Lipinski definition) is 2. The molecule has 1 fully saturated rings. The van der Waals surface area contributed by atoms with Gasteiger partial charge in [-0.2, -0.15) is 0 Å². The molecule has 1 aromatic carbocycles. The third-order valence-electron chi connectivity index (χ3n) is 3.22. The minimum atomic E-state index is -1.13. The van der Waals surface area contributed by atoms with E-state index in [0.717, 1.165) is 4.90 Å². The SMILES string of the molecule is O=C(O)[C@@H]1C[C@H](O)CN1C(=O)C=Cc1ccc(Cl)cc1Cl. The first-order valence-corrected chi connectivity index (χ1v) is 6.98. The summed E-state index contributed by atoms with van der Waals surface area (Å²) in [5, 5.41) is 19.4. The number of hydrogen-bond acceptors (Lipinski definition) is 3. The number of rotatable bonds is 3. The Bertz CT molecular complexity index is 603. The number of aliphatic hydroxyl groups is 1. The first-order valence-electron chi connectivity index (χ1n) is 6.23. The van der Waals surface area contributed by atoms with Gasteiger partial charge in [-0.25, -0.2) is 4.79 Å². The van der Waals surface area contributed by atoms with Crippen LogP contribution in [0.1, 0.15) is 12.0 Å². The van der Waals surface area contributed by atoms with E-state index in [0.29, 0.717) is 15.6 Å². The number of amides is 1. The van der Waals surface area contributed by atoms with Gasteiger partial charge in [0.1, 0.15) is 6.04 Å². The molecule has 0 aliphatic carbocycles. The number of carboxylic acids is 1. The normalized spacial score (nSPS) is 22.0. The van der Waals surface area contributed by atoms with Gasteiger partial charge in [-0.15, -0.1) is 0 Å². The number of β-amino-alcohol motifs (C(OH)–C–C–N with tert-alkyl or cyclic N) is 1. The Morgan fingerprint density at radius 1 is 1.33 bits per heavy atom. The standard InChI is InChI=1S/C14H13Cl2NO4/c15-9-3-1-8(11(16)5-9)2-4-13(19)17-7-10(18)6-12(17)14(20)21/h1-5,10,12,18H,6-7H2,(H,20,21)/t10-,12-/m0/s1. The van der Waals surface area contributed by atoms with E-state index in [1.54, 1.807) is 18.2 Å². The van der Waals surface area contributed by atoms with Crippen LogP contribution in [0.5, 0.6) is 0 Å². The van der Waals surface area contributed by atoms with Crippen molar-refractivity contribution in [3.63, 3.8) is 0 Å². The number of carbonyl (C=O) groups excluding carboxylic acids is 1. The van der Waals surface area contributed by atoms with E-state index in [-0.39, 0.29) is 13.0 Å². The van der Waals surface area contributed by atoms with Gasteiger partial charge >= 0.3 is 5.97 Å². The summed E-state index contributed by atoms with van der Waals surface area (Å²) in [4.78, 5) is 24.2. The largest absolute Gasteiger partial charge is 0.480 e. The molecule has 0 radical (unpaired) electrons. The number of halogens is 2. The highest BCUT2D eigenvalue weighted by Crippen LogP contribution is 2.23. The number of benzene rings is 1. The van der Waals surface area contributed by atoms with Crippen LogP contribution in [0.2, 0.25) is 10.0 Å². The van der Waals surface area contributed by atoms with E-state index >= 15 is 0 Å². The lowest BCUT2D eigenvalue weighted by atomic mass is 10.2. The molecule has 2 rings (SSSR count). The first-order chi connectivity index (χ1) is 9.88. The smallest absolute Gasteiger partial charge is 0.326 e. The molecule has 2 atom stereocenters. The number of aliphatic carboxylic acids is 1. The van der Waals surface area contributed by atoms with Crippen molar-refractivity contribution >= 4 is 41.2 Å². The Labute approximate surface area is 131 Å². The summed E-state index contributed by atoms with van der Waals surface area (Å²) in [5.74, 6) is -1.61. The highest BCUT2D eigenvalue weighted by molar-refractivity contribution is 6.35. The molecule has 0 unspecified atom stereocenters. The van der Waals surface area contributed by atoms with Crippen LogP contribution in [0.15, 0.2) is 24.3 Å². The summed E-state index contributed by atoms with van der Waals surface area (Å²) in [7, 11) is 0. The maximum Gasteiger partial charge on any atom is 0.326 e. The predicted molar refractivity (Wildman–Crippen MR) is 79.3 cm³/mol. The van der Waals surface area contributed by atoms with Crippen LogP contribution in [0.4, 0.5) is 0 Å². The number of carbonyl (C=O) groups is 2. The Kier molecular flexibility index (Phi) is 4.88. The van der Waals surface area contributed by atoms with Crippen molar-refractivity contribution in [3.8, 4) is 0 Å². The van der Waals surface area contributed by atoms with E-state index in [4.69, 9.17) is 28.3 Å². The molecular weight excluding hydrogens is 317 g/mol. The van der Waals surface area contributed by atoms with Gasteiger partial charge in [-0.1, -0.05) is 29.3 Å². The van der Waals surface area contributed by atoms with Gasteiger partial charge in [0.15, 0.2) is 0 Å². The Balaban J connectivity index is 2.13. The summed E-state index contributed by atoms with van der Waals surface area (Å²) in [6, 6.07) is 3.84. The van der Waals surface area contributed by atoms with Gasteiger partial charge < -0.3 is 15.1 Å². The first kappa shape index (κ1) is 15.8. The summed E-state index contributed by atoms with van der Waals surface area (Å²) in [5.41, 5.74) is 0.598. The summed E-state index contributed by atoms with van der Waals surface area (Å²) in [6.07, 6.45) is 1.95. The maximum atomic E-state index is 12.1. The molecule has 7 heteroatoms. The van der Waals surface area contributed by atoms with Crippen molar-refractivity contribution in [2.75, 3.05) is 6.54 Å². The molecule has 0 saturated carbocycles. The summed E-state index contributed by atoms with van der Waals surface area (Å²) in [6.45, 7) is 0.00842. The lowest BCUT2D eigenvalue weighted by Crippen LogP contribution is -2.39. The Hall–Kier alpha value is -1.56. The zero-order chi connectivity index (χ0) is 15.6. The quantitative estimate of drug-likeness (QED) is 0.832. The zero-order valence-corrected chi connectivity index (χ0v) is 12.4. The molecule has 5 nitrogen and oxygen atoms in total.